The van der Waals surface area contributed by atoms with Crippen molar-refractivity contribution in [1.82, 2.24) is 14.9 Å². The Morgan fingerprint density at radius 1 is 1.62 bits per heavy atom. The number of aliphatic carboxylic acids is 1. The molecular weight excluding hydrogens is 232 g/mol. The monoisotopic (exact) mass is 240 g/mol. The maximum Gasteiger partial charge on any atom is 0.313 e. The summed E-state index contributed by atoms with van der Waals surface area (Å²) in [4.78, 5) is 10.4. The van der Waals surface area contributed by atoms with Crippen LogP contribution >= 0.6 is 11.8 Å². The molecule has 8 heteroatoms. The third-order valence-electron chi connectivity index (χ3n) is 1.73. The second-order valence-corrected chi connectivity index (χ2v) is 3.78. The third kappa shape index (κ3) is 2.01. The molecule has 0 atom stereocenters. The first-order valence-electron chi connectivity index (χ1n) is 4.27. The molecule has 0 aliphatic heterocycles. The molecule has 0 spiro atoms. The first kappa shape index (κ1) is 10.6. The molecule has 84 valence electrons. The Morgan fingerprint density at radius 2 is 2.44 bits per heavy atom. The molecule has 7 nitrogen and oxygen atoms in total. The fourth-order valence-electron chi connectivity index (χ4n) is 1.08. The summed E-state index contributed by atoms with van der Waals surface area (Å²) in [6.07, 6.45) is 1.49. The summed E-state index contributed by atoms with van der Waals surface area (Å²) < 4.78 is 6.31. The smallest absolute Gasteiger partial charge is 0.313 e. The van der Waals surface area contributed by atoms with Gasteiger partial charge in [-0.15, -0.1) is 10.2 Å². The minimum Gasteiger partial charge on any atom is -0.481 e. The Bertz CT molecular complexity index is 493. The predicted octanol–water partition coefficient (Wildman–Crippen LogP) is 0.429. The largest absolute Gasteiger partial charge is 0.481 e. The highest BCUT2D eigenvalue weighted by Gasteiger charge is 2.14. The highest BCUT2D eigenvalue weighted by atomic mass is 32.2. The first-order valence-corrected chi connectivity index (χ1v) is 5.26. The summed E-state index contributed by atoms with van der Waals surface area (Å²) in [5, 5.41) is 16.4. The molecule has 0 aliphatic rings. The Balaban J connectivity index is 2.21. The van der Waals surface area contributed by atoms with E-state index >= 15 is 0 Å². The molecule has 3 N–H and O–H groups in total. The van der Waals surface area contributed by atoms with Crippen LogP contribution in [0.3, 0.4) is 0 Å². The minimum absolute atomic E-state index is 0.118. The van der Waals surface area contributed by atoms with E-state index in [0.29, 0.717) is 16.7 Å². The molecule has 2 aromatic heterocycles. The van der Waals surface area contributed by atoms with Gasteiger partial charge in [-0.25, -0.2) is 4.68 Å². The molecule has 2 heterocycles. The standard InChI is InChI=1S/C8H8N4O3S/c9-12-7(5-2-1-3-15-5)10-11-8(12)16-4-6(13)14/h1-3H,4,9H2,(H,13,14). The van der Waals surface area contributed by atoms with Crippen LogP contribution in [0.25, 0.3) is 11.6 Å². The molecule has 0 saturated carbocycles. The van der Waals surface area contributed by atoms with Crippen LogP contribution < -0.4 is 5.84 Å². The SMILES string of the molecule is Nn1c(SCC(=O)O)nnc1-c1ccco1. The van der Waals surface area contributed by atoms with E-state index in [0.717, 1.165) is 11.8 Å². The molecule has 0 aromatic carbocycles. The Labute approximate surface area is 94.2 Å². The summed E-state index contributed by atoms with van der Waals surface area (Å²) in [5.74, 6) is 5.49. The molecule has 0 bridgehead atoms. The van der Waals surface area contributed by atoms with Crippen LogP contribution in [-0.4, -0.2) is 31.7 Å². The minimum atomic E-state index is -0.937. The summed E-state index contributed by atoms with van der Waals surface area (Å²) in [6, 6.07) is 3.40. The number of hydrogen-bond donors (Lipinski definition) is 2. The second-order valence-electron chi connectivity index (χ2n) is 2.84. The van der Waals surface area contributed by atoms with Crippen LogP contribution in [0.4, 0.5) is 0 Å². The first-order chi connectivity index (χ1) is 7.68. The maximum absolute atomic E-state index is 10.4. The lowest BCUT2D eigenvalue weighted by molar-refractivity contribution is -0.133. The number of carbonyl (C=O) groups is 1. The number of furan rings is 1. The topological polar surface area (TPSA) is 107 Å². The van der Waals surface area contributed by atoms with Crippen molar-refractivity contribution >= 4 is 17.7 Å². The number of aromatic nitrogens is 3. The number of thioether (sulfide) groups is 1. The van der Waals surface area contributed by atoms with Gasteiger partial charge in [0.25, 0.3) is 0 Å². The maximum atomic E-state index is 10.4. The Hall–Kier alpha value is -1.96. The molecule has 16 heavy (non-hydrogen) atoms. The number of hydrogen-bond acceptors (Lipinski definition) is 6. The van der Waals surface area contributed by atoms with Gasteiger partial charge < -0.3 is 15.4 Å². The summed E-state index contributed by atoms with van der Waals surface area (Å²) in [5.41, 5.74) is 0. The van der Waals surface area contributed by atoms with Gasteiger partial charge in [0.1, 0.15) is 0 Å². The second kappa shape index (κ2) is 4.27. The van der Waals surface area contributed by atoms with Crippen LogP contribution in [0.15, 0.2) is 28.0 Å². The Morgan fingerprint density at radius 3 is 3.06 bits per heavy atom. The van der Waals surface area contributed by atoms with Crippen molar-refractivity contribution in [2.45, 2.75) is 5.16 Å². The number of carboxylic acids is 1. The molecule has 0 fully saturated rings. The van der Waals surface area contributed by atoms with E-state index in [1.54, 1.807) is 12.1 Å². The van der Waals surface area contributed by atoms with Gasteiger partial charge in [-0.05, 0) is 12.1 Å². The number of nitrogen functional groups attached to an aromatic ring is 1. The van der Waals surface area contributed by atoms with Crippen molar-refractivity contribution in [3.63, 3.8) is 0 Å². The molecule has 0 saturated heterocycles. The fraction of sp³-hybridized carbons (Fsp3) is 0.125. The van der Waals surface area contributed by atoms with Gasteiger partial charge in [-0.2, -0.15) is 0 Å². The van der Waals surface area contributed by atoms with Crippen LogP contribution in [0, 0.1) is 0 Å². The van der Waals surface area contributed by atoms with E-state index in [2.05, 4.69) is 10.2 Å². The molecule has 0 aliphatic carbocycles. The molecular formula is C8H8N4O3S. The summed E-state index contributed by atoms with van der Waals surface area (Å²) >= 11 is 0.996. The lowest BCUT2D eigenvalue weighted by atomic mass is 10.4. The molecule has 0 radical (unpaired) electrons. The predicted molar refractivity (Wildman–Crippen MR) is 56.2 cm³/mol. The van der Waals surface area contributed by atoms with Crippen molar-refractivity contribution in [2.75, 3.05) is 11.6 Å². The lowest BCUT2D eigenvalue weighted by Gasteiger charge is -1.99. The highest BCUT2D eigenvalue weighted by Crippen LogP contribution is 2.21. The van der Waals surface area contributed by atoms with Gasteiger partial charge in [-0.1, -0.05) is 11.8 Å². The van der Waals surface area contributed by atoms with Crippen molar-refractivity contribution in [2.24, 2.45) is 0 Å². The van der Waals surface area contributed by atoms with Gasteiger partial charge in [0.2, 0.25) is 11.0 Å². The van der Waals surface area contributed by atoms with E-state index in [4.69, 9.17) is 15.4 Å². The van der Waals surface area contributed by atoms with Crippen molar-refractivity contribution < 1.29 is 14.3 Å². The van der Waals surface area contributed by atoms with Gasteiger partial charge in [0, 0.05) is 0 Å². The normalized spacial score (nSPS) is 10.5. The number of nitrogens with two attached hydrogens (primary N) is 1. The molecule has 2 rings (SSSR count). The fourth-order valence-corrected chi connectivity index (χ4v) is 1.65. The average Bonchev–Trinajstić information content (AvgIpc) is 2.84. The summed E-state index contributed by atoms with van der Waals surface area (Å²) in [6.45, 7) is 0. The zero-order chi connectivity index (χ0) is 11.5. The van der Waals surface area contributed by atoms with E-state index in [1.807, 2.05) is 0 Å². The molecule has 0 amide bonds. The van der Waals surface area contributed by atoms with Gasteiger partial charge in [0.05, 0.1) is 12.0 Å². The third-order valence-corrected chi connectivity index (χ3v) is 2.66. The van der Waals surface area contributed by atoms with Crippen molar-refractivity contribution in [1.29, 1.82) is 0 Å². The zero-order valence-corrected chi connectivity index (χ0v) is 8.85. The molecule has 2 aromatic rings. The van der Waals surface area contributed by atoms with Crippen LogP contribution in [0.5, 0.6) is 0 Å². The van der Waals surface area contributed by atoms with Crippen molar-refractivity contribution in [3.8, 4) is 11.6 Å². The van der Waals surface area contributed by atoms with Gasteiger partial charge in [0.15, 0.2) is 5.76 Å². The van der Waals surface area contributed by atoms with E-state index in [9.17, 15) is 4.79 Å². The molecule has 0 unspecified atom stereocenters. The van der Waals surface area contributed by atoms with Crippen LogP contribution in [0.1, 0.15) is 0 Å². The van der Waals surface area contributed by atoms with Gasteiger partial charge >= 0.3 is 5.97 Å². The van der Waals surface area contributed by atoms with Gasteiger partial charge in [-0.3, -0.25) is 4.79 Å². The highest BCUT2D eigenvalue weighted by molar-refractivity contribution is 7.99. The zero-order valence-electron chi connectivity index (χ0n) is 8.03. The average molecular weight is 240 g/mol. The number of carboxylic acid groups (broad SMARTS) is 1. The van der Waals surface area contributed by atoms with E-state index in [-0.39, 0.29) is 5.75 Å². The van der Waals surface area contributed by atoms with E-state index < -0.39 is 5.97 Å². The Kier molecular flexibility index (Phi) is 2.82. The van der Waals surface area contributed by atoms with Crippen molar-refractivity contribution in [3.05, 3.63) is 18.4 Å². The summed E-state index contributed by atoms with van der Waals surface area (Å²) in [7, 11) is 0. The van der Waals surface area contributed by atoms with Crippen LogP contribution in [0.2, 0.25) is 0 Å². The quantitative estimate of drug-likeness (QED) is 0.589. The van der Waals surface area contributed by atoms with Crippen LogP contribution in [-0.2, 0) is 4.79 Å². The number of rotatable bonds is 4. The van der Waals surface area contributed by atoms with E-state index in [1.165, 1.54) is 10.9 Å². The lowest BCUT2D eigenvalue weighted by Crippen LogP contribution is -2.12. The number of nitrogens with zero attached hydrogens (tertiary/aromatic N) is 3.